The van der Waals surface area contributed by atoms with E-state index in [1.165, 1.54) is 0 Å². The van der Waals surface area contributed by atoms with Crippen LogP contribution in [0.1, 0.15) is 44.7 Å². The SMILES string of the molecule is CCNC(C)c1ccc(OC2CCCC2O)c(Cl)c1. The number of benzene rings is 1. The number of aliphatic hydroxyl groups is 1. The Morgan fingerprint density at radius 3 is 2.84 bits per heavy atom. The van der Waals surface area contributed by atoms with E-state index in [0.29, 0.717) is 10.8 Å². The Labute approximate surface area is 119 Å². The van der Waals surface area contributed by atoms with Crippen molar-refractivity contribution < 1.29 is 9.84 Å². The van der Waals surface area contributed by atoms with Crippen molar-refractivity contribution in [2.75, 3.05) is 6.54 Å². The number of hydrogen-bond acceptors (Lipinski definition) is 3. The zero-order chi connectivity index (χ0) is 13.8. The van der Waals surface area contributed by atoms with Gasteiger partial charge in [-0.15, -0.1) is 0 Å². The molecule has 1 aromatic carbocycles. The van der Waals surface area contributed by atoms with Crippen molar-refractivity contribution >= 4 is 11.6 Å². The second-order valence-electron chi connectivity index (χ2n) is 5.12. The van der Waals surface area contributed by atoms with Gasteiger partial charge in [0.15, 0.2) is 0 Å². The summed E-state index contributed by atoms with van der Waals surface area (Å²) in [5.41, 5.74) is 1.14. The van der Waals surface area contributed by atoms with E-state index in [0.717, 1.165) is 31.4 Å². The molecule has 0 radical (unpaired) electrons. The van der Waals surface area contributed by atoms with E-state index in [1.54, 1.807) is 0 Å². The molecule has 1 aromatic rings. The standard InChI is InChI=1S/C15H22ClNO2/c1-3-17-10(2)11-7-8-14(12(16)9-11)19-15-6-4-5-13(15)18/h7-10,13,15,17-18H,3-6H2,1-2H3. The molecule has 0 amide bonds. The lowest BCUT2D eigenvalue weighted by Crippen LogP contribution is -2.25. The van der Waals surface area contributed by atoms with Crippen LogP contribution in [0.2, 0.25) is 5.02 Å². The molecule has 1 aliphatic rings. The first kappa shape index (κ1) is 14.6. The summed E-state index contributed by atoms with van der Waals surface area (Å²) in [5.74, 6) is 0.667. The van der Waals surface area contributed by atoms with E-state index in [9.17, 15) is 5.11 Å². The quantitative estimate of drug-likeness (QED) is 0.871. The largest absolute Gasteiger partial charge is 0.486 e. The Morgan fingerprint density at radius 1 is 1.47 bits per heavy atom. The minimum absolute atomic E-state index is 0.116. The molecule has 19 heavy (non-hydrogen) atoms. The van der Waals surface area contributed by atoms with Crippen molar-refractivity contribution in [1.29, 1.82) is 0 Å². The zero-order valence-electron chi connectivity index (χ0n) is 11.5. The maximum atomic E-state index is 9.78. The second-order valence-corrected chi connectivity index (χ2v) is 5.53. The molecular formula is C15H22ClNO2. The van der Waals surface area contributed by atoms with Crippen molar-refractivity contribution in [2.45, 2.75) is 51.4 Å². The summed E-state index contributed by atoms with van der Waals surface area (Å²) < 4.78 is 5.81. The minimum Gasteiger partial charge on any atom is -0.486 e. The molecule has 1 aliphatic carbocycles. The summed E-state index contributed by atoms with van der Waals surface area (Å²) in [5, 5.41) is 13.7. The molecule has 0 aliphatic heterocycles. The summed E-state index contributed by atoms with van der Waals surface area (Å²) in [4.78, 5) is 0. The molecular weight excluding hydrogens is 262 g/mol. The van der Waals surface area contributed by atoms with Gasteiger partial charge in [0, 0.05) is 6.04 Å². The van der Waals surface area contributed by atoms with E-state index < -0.39 is 0 Å². The first-order chi connectivity index (χ1) is 9.11. The average molecular weight is 284 g/mol. The lowest BCUT2D eigenvalue weighted by atomic mass is 10.1. The minimum atomic E-state index is -0.364. The van der Waals surface area contributed by atoms with Gasteiger partial charge in [0.25, 0.3) is 0 Å². The van der Waals surface area contributed by atoms with Crippen molar-refractivity contribution in [3.63, 3.8) is 0 Å². The van der Waals surface area contributed by atoms with Gasteiger partial charge in [-0.1, -0.05) is 24.6 Å². The van der Waals surface area contributed by atoms with Crippen LogP contribution in [0.3, 0.4) is 0 Å². The highest BCUT2D eigenvalue weighted by Crippen LogP contribution is 2.31. The summed E-state index contributed by atoms with van der Waals surface area (Å²) >= 11 is 6.27. The Hall–Kier alpha value is -0.770. The molecule has 4 heteroatoms. The van der Waals surface area contributed by atoms with Gasteiger partial charge in [0.1, 0.15) is 11.9 Å². The van der Waals surface area contributed by atoms with Gasteiger partial charge >= 0.3 is 0 Å². The van der Waals surface area contributed by atoms with E-state index in [4.69, 9.17) is 16.3 Å². The molecule has 1 fully saturated rings. The summed E-state index contributed by atoms with van der Waals surface area (Å²) in [7, 11) is 0. The maximum absolute atomic E-state index is 9.78. The van der Waals surface area contributed by atoms with Gasteiger partial charge in [-0.05, 0) is 50.4 Å². The molecule has 2 rings (SSSR count). The topological polar surface area (TPSA) is 41.5 Å². The fourth-order valence-corrected chi connectivity index (χ4v) is 2.75. The Bertz CT molecular complexity index is 425. The van der Waals surface area contributed by atoms with E-state index >= 15 is 0 Å². The van der Waals surface area contributed by atoms with Crippen LogP contribution in [0.5, 0.6) is 5.75 Å². The van der Waals surface area contributed by atoms with Crippen LogP contribution in [-0.4, -0.2) is 23.9 Å². The highest BCUT2D eigenvalue weighted by Gasteiger charge is 2.27. The van der Waals surface area contributed by atoms with Gasteiger partial charge in [-0.2, -0.15) is 0 Å². The Balaban J connectivity index is 2.06. The van der Waals surface area contributed by atoms with Gasteiger partial charge in [0.05, 0.1) is 11.1 Å². The predicted molar refractivity (Wildman–Crippen MR) is 77.8 cm³/mol. The van der Waals surface area contributed by atoms with Crippen LogP contribution in [0.25, 0.3) is 0 Å². The van der Waals surface area contributed by atoms with Crippen molar-refractivity contribution in [3.05, 3.63) is 28.8 Å². The number of halogens is 1. The maximum Gasteiger partial charge on any atom is 0.138 e. The fourth-order valence-electron chi connectivity index (χ4n) is 2.51. The third-order valence-electron chi connectivity index (χ3n) is 3.66. The number of hydrogen-bond donors (Lipinski definition) is 2. The van der Waals surface area contributed by atoms with Crippen LogP contribution in [0, 0.1) is 0 Å². The van der Waals surface area contributed by atoms with Crippen molar-refractivity contribution in [3.8, 4) is 5.75 Å². The number of ether oxygens (including phenoxy) is 1. The molecule has 2 N–H and O–H groups in total. The molecule has 0 heterocycles. The predicted octanol–water partition coefficient (Wildman–Crippen LogP) is 3.30. The van der Waals surface area contributed by atoms with Crippen LogP contribution in [0.15, 0.2) is 18.2 Å². The number of rotatable bonds is 5. The third-order valence-corrected chi connectivity index (χ3v) is 3.96. The molecule has 3 nitrogen and oxygen atoms in total. The van der Waals surface area contributed by atoms with Crippen LogP contribution in [-0.2, 0) is 0 Å². The third kappa shape index (κ3) is 3.62. The molecule has 3 atom stereocenters. The fraction of sp³-hybridized carbons (Fsp3) is 0.600. The molecule has 0 saturated heterocycles. The summed E-state index contributed by atoms with van der Waals surface area (Å²) in [6, 6.07) is 6.13. The summed E-state index contributed by atoms with van der Waals surface area (Å²) in [6.07, 6.45) is 2.25. The second kappa shape index (κ2) is 6.60. The smallest absolute Gasteiger partial charge is 0.138 e. The number of nitrogens with one attached hydrogen (secondary N) is 1. The Kier molecular flexibility index (Phi) is 5.08. The van der Waals surface area contributed by atoms with Crippen LogP contribution >= 0.6 is 11.6 Å². The lowest BCUT2D eigenvalue weighted by Gasteiger charge is -2.19. The molecule has 106 valence electrons. The first-order valence-corrected chi connectivity index (χ1v) is 7.37. The lowest BCUT2D eigenvalue weighted by molar-refractivity contribution is 0.0604. The molecule has 3 unspecified atom stereocenters. The first-order valence-electron chi connectivity index (χ1n) is 6.99. The highest BCUT2D eigenvalue weighted by molar-refractivity contribution is 6.32. The Morgan fingerprint density at radius 2 is 2.26 bits per heavy atom. The van der Waals surface area contributed by atoms with Crippen LogP contribution in [0.4, 0.5) is 0 Å². The van der Waals surface area contributed by atoms with Crippen molar-refractivity contribution in [1.82, 2.24) is 5.32 Å². The monoisotopic (exact) mass is 283 g/mol. The van der Waals surface area contributed by atoms with Gasteiger partial charge in [-0.3, -0.25) is 0 Å². The van der Waals surface area contributed by atoms with Gasteiger partial charge in [0.2, 0.25) is 0 Å². The molecule has 0 aromatic heterocycles. The van der Waals surface area contributed by atoms with Gasteiger partial charge in [-0.25, -0.2) is 0 Å². The molecule has 0 spiro atoms. The molecule has 0 bridgehead atoms. The summed E-state index contributed by atoms with van der Waals surface area (Å²) in [6.45, 7) is 5.11. The average Bonchev–Trinajstić information content (AvgIpc) is 2.78. The van der Waals surface area contributed by atoms with Crippen LogP contribution < -0.4 is 10.1 Å². The van der Waals surface area contributed by atoms with E-state index in [2.05, 4.69) is 19.2 Å². The molecule has 1 saturated carbocycles. The normalized spacial score (nSPS) is 24.4. The van der Waals surface area contributed by atoms with E-state index in [1.807, 2.05) is 18.2 Å². The zero-order valence-corrected chi connectivity index (χ0v) is 12.3. The highest BCUT2D eigenvalue weighted by atomic mass is 35.5. The van der Waals surface area contributed by atoms with Crippen molar-refractivity contribution in [2.24, 2.45) is 0 Å². The number of aliphatic hydroxyl groups excluding tert-OH is 1. The van der Waals surface area contributed by atoms with Gasteiger partial charge < -0.3 is 15.2 Å². The van der Waals surface area contributed by atoms with E-state index in [-0.39, 0.29) is 18.2 Å².